The van der Waals surface area contributed by atoms with Crippen LogP contribution in [-0.4, -0.2) is 19.5 Å². The molecule has 0 bridgehead atoms. The predicted molar refractivity (Wildman–Crippen MR) is 219 cm³/mol. The maximum Gasteiger partial charge on any atom is 0.164 e. The third kappa shape index (κ3) is 5.63. The molecule has 0 amide bonds. The Labute approximate surface area is 307 Å². The van der Waals surface area contributed by atoms with E-state index in [2.05, 4.69) is 168 Å². The van der Waals surface area contributed by atoms with Crippen molar-refractivity contribution in [1.29, 1.82) is 0 Å². The Morgan fingerprint density at radius 2 is 0.736 bits per heavy atom. The zero-order valence-electron chi connectivity index (χ0n) is 28.8. The Balaban J connectivity index is 1.01. The highest BCUT2D eigenvalue weighted by molar-refractivity contribution is 6.09. The van der Waals surface area contributed by atoms with Gasteiger partial charge in [0, 0.05) is 33.2 Å². The summed E-state index contributed by atoms with van der Waals surface area (Å²) in [4.78, 5) is 15.0. The number of hydrogen-bond acceptors (Lipinski definition) is 3. The molecule has 0 spiro atoms. The Morgan fingerprint density at radius 3 is 1.42 bits per heavy atom. The van der Waals surface area contributed by atoms with Crippen molar-refractivity contribution in [1.82, 2.24) is 19.5 Å². The molecule has 53 heavy (non-hydrogen) atoms. The third-order valence-corrected chi connectivity index (χ3v) is 10.1. The van der Waals surface area contributed by atoms with Crippen molar-refractivity contribution >= 4 is 32.6 Å². The molecule has 10 rings (SSSR count). The fraction of sp³-hybridized carbons (Fsp3) is 0. The van der Waals surface area contributed by atoms with Gasteiger partial charge in [0.1, 0.15) is 0 Å². The molecule has 0 N–H and O–H groups in total. The molecular weight excluding hydrogens is 645 g/mol. The largest absolute Gasteiger partial charge is 0.309 e. The van der Waals surface area contributed by atoms with E-state index in [-0.39, 0.29) is 0 Å². The molecule has 0 aliphatic heterocycles. The lowest BCUT2D eigenvalue weighted by atomic mass is 10.00. The third-order valence-electron chi connectivity index (χ3n) is 10.1. The summed E-state index contributed by atoms with van der Waals surface area (Å²) in [7, 11) is 0. The molecule has 0 atom stereocenters. The SMILES string of the molecule is c1ccc(-c2nc(-c3ccc(-c4ccc5ccccc5c4)cc3)nc(-c3cccc(-c4ccc(-n5c6ccccc6c6ccccc65)cc4)c3)n2)cc1. The molecule has 0 saturated heterocycles. The van der Waals surface area contributed by atoms with Gasteiger partial charge in [0.25, 0.3) is 0 Å². The lowest BCUT2D eigenvalue weighted by molar-refractivity contribution is 1.07. The van der Waals surface area contributed by atoms with Crippen LogP contribution in [0.5, 0.6) is 0 Å². The molecule has 0 radical (unpaired) electrons. The topological polar surface area (TPSA) is 43.6 Å². The van der Waals surface area contributed by atoms with E-state index in [1.54, 1.807) is 0 Å². The van der Waals surface area contributed by atoms with Crippen LogP contribution in [0.15, 0.2) is 194 Å². The fourth-order valence-electron chi connectivity index (χ4n) is 7.37. The van der Waals surface area contributed by atoms with Crippen molar-refractivity contribution in [2.24, 2.45) is 0 Å². The highest BCUT2D eigenvalue weighted by Crippen LogP contribution is 2.34. The average Bonchev–Trinajstić information content (AvgIpc) is 3.58. The summed E-state index contributed by atoms with van der Waals surface area (Å²) in [5.74, 6) is 1.92. The Kier molecular flexibility index (Phi) is 7.43. The summed E-state index contributed by atoms with van der Waals surface area (Å²) in [6, 6.07) is 68.2. The van der Waals surface area contributed by atoms with E-state index in [4.69, 9.17) is 15.0 Å². The Bertz CT molecular complexity index is 2870. The van der Waals surface area contributed by atoms with Crippen molar-refractivity contribution in [3.8, 4) is 62.1 Å². The standard InChI is InChI=1S/C49H32N4/c1-2-12-36(13-3-1)47-50-48(37-24-21-34(22-25-37)40-26-23-33-11-4-5-14-38(33)31-40)52-49(51-47)41-16-10-15-39(32-41)35-27-29-42(30-28-35)53-45-19-8-6-17-43(45)44-18-7-9-20-46(44)53/h1-32H. The molecule has 0 aliphatic carbocycles. The summed E-state index contributed by atoms with van der Waals surface area (Å²) < 4.78 is 2.34. The molecule has 248 valence electrons. The van der Waals surface area contributed by atoms with Crippen LogP contribution < -0.4 is 0 Å². The second-order valence-corrected chi connectivity index (χ2v) is 13.3. The number of nitrogens with zero attached hydrogens (tertiary/aromatic N) is 4. The minimum Gasteiger partial charge on any atom is -0.309 e. The molecule has 2 aromatic heterocycles. The quantitative estimate of drug-likeness (QED) is 0.176. The number of hydrogen-bond donors (Lipinski definition) is 0. The number of rotatable bonds is 6. The maximum atomic E-state index is 5.06. The van der Waals surface area contributed by atoms with Crippen LogP contribution in [0.3, 0.4) is 0 Å². The summed E-state index contributed by atoms with van der Waals surface area (Å²) in [5.41, 5.74) is 10.9. The monoisotopic (exact) mass is 676 g/mol. The first-order chi connectivity index (χ1) is 26.2. The molecule has 0 unspecified atom stereocenters. The van der Waals surface area contributed by atoms with Gasteiger partial charge in [0.2, 0.25) is 0 Å². The van der Waals surface area contributed by atoms with Gasteiger partial charge in [-0.1, -0.05) is 158 Å². The molecular formula is C49H32N4. The number of aromatic nitrogens is 4. The van der Waals surface area contributed by atoms with Crippen molar-refractivity contribution in [2.75, 3.05) is 0 Å². The summed E-state index contributed by atoms with van der Waals surface area (Å²) >= 11 is 0. The molecule has 0 fully saturated rings. The second-order valence-electron chi connectivity index (χ2n) is 13.3. The van der Waals surface area contributed by atoms with Crippen LogP contribution in [0.1, 0.15) is 0 Å². The van der Waals surface area contributed by atoms with E-state index >= 15 is 0 Å². The van der Waals surface area contributed by atoms with Crippen molar-refractivity contribution in [3.63, 3.8) is 0 Å². The van der Waals surface area contributed by atoms with Gasteiger partial charge in [-0.15, -0.1) is 0 Å². The zero-order valence-corrected chi connectivity index (χ0v) is 28.8. The molecule has 0 saturated carbocycles. The summed E-state index contributed by atoms with van der Waals surface area (Å²) in [6.45, 7) is 0. The van der Waals surface area contributed by atoms with Crippen LogP contribution in [0.4, 0.5) is 0 Å². The van der Waals surface area contributed by atoms with Crippen LogP contribution in [0.25, 0.3) is 94.7 Å². The highest BCUT2D eigenvalue weighted by atomic mass is 15.0. The number of fused-ring (bicyclic) bond motifs is 4. The summed E-state index contributed by atoms with van der Waals surface area (Å²) in [6.07, 6.45) is 0. The molecule has 4 nitrogen and oxygen atoms in total. The van der Waals surface area contributed by atoms with E-state index in [1.165, 1.54) is 38.1 Å². The minimum absolute atomic E-state index is 0.635. The summed E-state index contributed by atoms with van der Waals surface area (Å²) in [5, 5.41) is 4.98. The van der Waals surface area contributed by atoms with Crippen LogP contribution in [0, 0.1) is 0 Å². The highest BCUT2D eigenvalue weighted by Gasteiger charge is 2.15. The lowest BCUT2D eigenvalue weighted by Gasteiger charge is -2.11. The van der Waals surface area contributed by atoms with Gasteiger partial charge in [-0.05, 0) is 69.4 Å². The average molecular weight is 677 g/mol. The Morgan fingerprint density at radius 1 is 0.283 bits per heavy atom. The van der Waals surface area contributed by atoms with Crippen LogP contribution in [0.2, 0.25) is 0 Å². The first kappa shape index (κ1) is 30.6. The van der Waals surface area contributed by atoms with E-state index < -0.39 is 0 Å². The predicted octanol–water partition coefficient (Wildman–Crippen LogP) is 12.5. The van der Waals surface area contributed by atoms with E-state index in [0.29, 0.717) is 17.5 Å². The molecule has 10 aromatic rings. The molecule has 4 heteroatoms. The van der Waals surface area contributed by atoms with Gasteiger partial charge in [-0.3, -0.25) is 0 Å². The zero-order chi connectivity index (χ0) is 35.1. The minimum atomic E-state index is 0.635. The van der Waals surface area contributed by atoms with Gasteiger partial charge in [0.05, 0.1) is 11.0 Å². The second kappa shape index (κ2) is 12.9. The number of benzene rings is 8. The molecule has 2 heterocycles. The van der Waals surface area contributed by atoms with Gasteiger partial charge in [-0.2, -0.15) is 0 Å². The van der Waals surface area contributed by atoms with Gasteiger partial charge < -0.3 is 4.57 Å². The first-order valence-electron chi connectivity index (χ1n) is 17.9. The van der Waals surface area contributed by atoms with E-state index in [1.807, 2.05) is 30.3 Å². The first-order valence-corrected chi connectivity index (χ1v) is 17.9. The normalized spacial score (nSPS) is 11.4. The van der Waals surface area contributed by atoms with Gasteiger partial charge in [0.15, 0.2) is 17.5 Å². The lowest BCUT2D eigenvalue weighted by Crippen LogP contribution is -2.00. The van der Waals surface area contributed by atoms with Crippen molar-refractivity contribution < 1.29 is 0 Å². The van der Waals surface area contributed by atoms with Crippen LogP contribution in [-0.2, 0) is 0 Å². The fourth-order valence-corrected chi connectivity index (χ4v) is 7.37. The number of para-hydroxylation sites is 2. The Hall–Kier alpha value is -7.17. The van der Waals surface area contributed by atoms with Crippen molar-refractivity contribution in [2.45, 2.75) is 0 Å². The molecule has 8 aromatic carbocycles. The maximum absolute atomic E-state index is 5.06. The smallest absolute Gasteiger partial charge is 0.164 e. The van der Waals surface area contributed by atoms with Crippen LogP contribution >= 0.6 is 0 Å². The van der Waals surface area contributed by atoms with Crippen molar-refractivity contribution in [3.05, 3.63) is 194 Å². The van der Waals surface area contributed by atoms with E-state index in [9.17, 15) is 0 Å². The molecule has 0 aliphatic rings. The van der Waals surface area contributed by atoms with Gasteiger partial charge in [-0.25, -0.2) is 15.0 Å². The van der Waals surface area contributed by atoms with E-state index in [0.717, 1.165) is 39.1 Å². The van der Waals surface area contributed by atoms with Gasteiger partial charge >= 0.3 is 0 Å².